The molecule has 0 aliphatic carbocycles. The Morgan fingerprint density at radius 2 is 1.54 bits per heavy atom. The van der Waals surface area contributed by atoms with Crippen molar-refractivity contribution in [3.63, 3.8) is 0 Å². The zero-order valence-electron chi connectivity index (χ0n) is 21.4. The number of methoxy groups -OCH3 is 3. The van der Waals surface area contributed by atoms with Gasteiger partial charge in [0.1, 0.15) is 12.3 Å². The molecule has 0 bridgehead atoms. The van der Waals surface area contributed by atoms with Crippen molar-refractivity contribution in [3.8, 4) is 17.2 Å². The Hall–Kier alpha value is -3.43. The summed E-state index contributed by atoms with van der Waals surface area (Å²) in [6.45, 7) is 3.33. The van der Waals surface area contributed by atoms with E-state index in [0.717, 1.165) is 15.4 Å². The number of carbonyl (C=O) groups excluding carboxylic acids is 1. The van der Waals surface area contributed by atoms with Gasteiger partial charge < -0.3 is 19.5 Å². The first-order valence-corrected chi connectivity index (χ1v) is 13.4. The van der Waals surface area contributed by atoms with Gasteiger partial charge in [0.2, 0.25) is 5.91 Å². The van der Waals surface area contributed by atoms with E-state index in [1.165, 1.54) is 32.4 Å². The standard InChI is InChI=1S/C27H31ClN2O6S/c1-6-23(19-9-13-25(35-4)26(15-19)36-5)29-27(31)17-30(20-10-14-24(34-3)22(28)16-20)37(32,33)21-11-7-18(2)8-12-21/h7-16,23H,6,17H2,1-5H3,(H,29,31). The lowest BCUT2D eigenvalue weighted by Gasteiger charge is -2.26. The quantitative estimate of drug-likeness (QED) is 0.358. The molecular weight excluding hydrogens is 516 g/mol. The van der Waals surface area contributed by atoms with Crippen LogP contribution in [0.1, 0.15) is 30.5 Å². The van der Waals surface area contributed by atoms with Crippen LogP contribution in [-0.4, -0.2) is 42.2 Å². The van der Waals surface area contributed by atoms with Crippen molar-refractivity contribution in [2.45, 2.75) is 31.2 Å². The van der Waals surface area contributed by atoms with Crippen molar-refractivity contribution in [2.75, 3.05) is 32.2 Å². The minimum Gasteiger partial charge on any atom is -0.495 e. The monoisotopic (exact) mass is 546 g/mol. The first-order chi connectivity index (χ1) is 17.6. The smallest absolute Gasteiger partial charge is 0.264 e. The predicted molar refractivity (Wildman–Crippen MR) is 144 cm³/mol. The number of nitrogens with one attached hydrogen (secondary N) is 1. The average Bonchev–Trinajstić information content (AvgIpc) is 2.90. The number of carbonyl (C=O) groups is 1. The van der Waals surface area contributed by atoms with Gasteiger partial charge in [0.05, 0.1) is 43.0 Å². The van der Waals surface area contributed by atoms with Gasteiger partial charge in [0.15, 0.2) is 11.5 Å². The average molecular weight is 547 g/mol. The lowest BCUT2D eigenvalue weighted by Crippen LogP contribution is -2.42. The van der Waals surface area contributed by atoms with E-state index < -0.39 is 22.5 Å². The third kappa shape index (κ3) is 6.47. The number of amides is 1. The van der Waals surface area contributed by atoms with Gasteiger partial charge in [-0.25, -0.2) is 8.42 Å². The fourth-order valence-corrected chi connectivity index (χ4v) is 5.49. The molecule has 1 atom stereocenters. The third-order valence-electron chi connectivity index (χ3n) is 5.87. The van der Waals surface area contributed by atoms with Crippen LogP contribution >= 0.6 is 11.6 Å². The van der Waals surface area contributed by atoms with E-state index in [2.05, 4.69) is 5.32 Å². The first-order valence-electron chi connectivity index (χ1n) is 11.6. The van der Waals surface area contributed by atoms with Crippen LogP contribution in [0.2, 0.25) is 5.02 Å². The fourth-order valence-electron chi connectivity index (χ4n) is 3.82. The van der Waals surface area contributed by atoms with Gasteiger partial charge in [0.25, 0.3) is 10.0 Å². The molecule has 0 heterocycles. The van der Waals surface area contributed by atoms with Crippen LogP contribution in [0.4, 0.5) is 5.69 Å². The molecule has 37 heavy (non-hydrogen) atoms. The van der Waals surface area contributed by atoms with E-state index in [9.17, 15) is 13.2 Å². The summed E-state index contributed by atoms with van der Waals surface area (Å²) in [7, 11) is 0.457. The van der Waals surface area contributed by atoms with Crippen LogP contribution in [-0.2, 0) is 14.8 Å². The van der Waals surface area contributed by atoms with Crippen LogP contribution in [0.3, 0.4) is 0 Å². The zero-order chi connectivity index (χ0) is 27.2. The number of rotatable bonds is 11. The van der Waals surface area contributed by atoms with Gasteiger partial charge in [-0.1, -0.05) is 42.3 Å². The van der Waals surface area contributed by atoms with E-state index >= 15 is 0 Å². The molecule has 0 fully saturated rings. The molecule has 0 aliphatic heterocycles. The number of nitrogens with zero attached hydrogens (tertiary/aromatic N) is 1. The van der Waals surface area contributed by atoms with Gasteiger partial charge >= 0.3 is 0 Å². The van der Waals surface area contributed by atoms with Crippen molar-refractivity contribution >= 4 is 33.2 Å². The van der Waals surface area contributed by atoms with Gasteiger partial charge in [-0.3, -0.25) is 9.10 Å². The summed E-state index contributed by atoms with van der Waals surface area (Å²) in [4.78, 5) is 13.3. The minimum atomic E-state index is -4.09. The van der Waals surface area contributed by atoms with E-state index in [-0.39, 0.29) is 21.6 Å². The predicted octanol–water partition coefficient (Wildman–Crippen LogP) is 5.14. The second-order valence-corrected chi connectivity index (χ2v) is 10.6. The van der Waals surface area contributed by atoms with Crippen molar-refractivity contribution in [1.82, 2.24) is 5.32 Å². The molecule has 3 aromatic rings. The molecule has 0 aromatic heterocycles. The van der Waals surface area contributed by atoms with Gasteiger partial charge in [-0.2, -0.15) is 0 Å². The van der Waals surface area contributed by atoms with E-state index in [1.54, 1.807) is 43.5 Å². The topological polar surface area (TPSA) is 94.2 Å². The number of hydrogen-bond donors (Lipinski definition) is 1. The maximum Gasteiger partial charge on any atom is 0.264 e. The summed E-state index contributed by atoms with van der Waals surface area (Å²) in [5.74, 6) is 1.01. The fraction of sp³-hybridized carbons (Fsp3) is 0.296. The van der Waals surface area contributed by atoms with Crippen LogP contribution in [0.15, 0.2) is 65.6 Å². The summed E-state index contributed by atoms with van der Waals surface area (Å²) >= 11 is 6.30. The normalized spacial score (nSPS) is 11.9. The highest BCUT2D eigenvalue weighted by Crippen LogP contribution is 2.33. The summed E-state index contributed by atoms with van der Waals surface area (Å²) in [6, 6.07) is 16.0. The van der Waals surface area contributed by atoms with E-state index in [0.29, 0.717) is 23.7 Å². The molecule has 1 unspecified atom stereocenters. The van der Waals surface area contributed by atoms with Crippen molar-refractivity contribution in [1.29, 1.82) is 0 Å². The summed E-state index contributed by atoms with van der Waals surface area (Å²) in [6.07, 6.45) is 0.570. The molecule has 10 heteroatoms. The molecule has 0 aliphatic rings. The Bertz CT molecular complexity index is 1350. The van der Waals surface area contributed by atoms with Gasteiger partial charge in [-0.15, -0.1) is 0 Å². The highest BCUT2D eigenvalue weighted by molar-refractivity contribution is 7.92. The second-order valence-electron chi connectivity index (χ2n) is 8.29. The molecule has 0 saturated heterocycles. The number of hydrogen-bond acceptors (Lipinski definition) is 6. The van der Waals surface area contributed by atoms with Crippen LogP contribution in [0, 0.1) is 6.92 Å². The van der Waals surface area contributed by atoms with Crippen LogP contribution in [0.5, 0.6) is 17.2 Å². The lowest BCUT2D eigenvalue weighted by atomic mass is 10.0. The minimum absolute atomic E-state index is 0.0600. The molecule has 0 saturated carbocycles. The molecule has 3 aromatic carbocycles. The van der Waals surface area contributed by atoms with Crippen molar-refractivity contribution in [3.05, 3.63) is 76.8 Å². The highest BCUT2D eigenvalue weighted by Gasteiger charge is 2.29. The maximum absolute atomic E-state index is 13.7. The molecule has 1 N–H and O–H groups in total. The number of ether oxygens (including phenoxy) is 3. The Labute approximate surface area is 223 Å². The molecule has 3 rings (SSSR count). The van der Waals surface area contributed by atoms with Crippen molar-refractivity contribution < 1.29 is 27.4 Å². The number of halogens is 1. The molecular formula is C27H31ClN2O6S. The summed E-state index contributed by atoms with van der Waals surface area (Å²) in [5, 5.41) is 3.17. The van der Waals surface area contributed by atoms with E-state index in [1.807, 2.05) is 19.9 Å². The lowest BCUT2D eigenvalue weighted by molar-refractivity contribution is -0.120. The third-order valence-corrected chi connectivity index (χ3v) is 7.96. The van der Waals surface area contributed by atoms with Crippen molar-refractivity contribution in [2.24, 2.45) is 0 Å². The Morgan fingerprint density at radius 3 is 2.11 bits per heavy atom. The molecule has 198 valence electrons. The van der Waals surface area contributed by atoms with Gasteiger partial charge in [0, 0.05) is 0 Å². The molecule has 0 radical (unpaired) electrons. The SMILES string of the molecule is CCC(NC(=O)CN(c1ccc(OC)c(Cl)c1)S(=O)(=O)c1ccc(C)cc1)c1ccc(OC)c(OC)c1. The highest BCUT2D eigenvalue weighted by atomic mass is 35.5. The molecule has 1 amide bonds. The first kappa shape index (κ1) is 28.1. The second kappa shape index (κ2) is 12.2. The zero-order valence-corrected chi connectivity index (χ0v) is 23.0. The van der Waals surface area contributed by atoms with Crippen LogP contribution < -0.4 is 23.8 Å². The summed E-state index contributed by atoms with van der Waals surface area (Å²) < 4.78 is 44.2. The largest absolute Gasteiger partial charge is 0.495 e. The summed E-state index contributed by atoms with van der Waals surface area (Å²) in [5.41, 5.74) is 1.95. The van der Waals surface area contributed by atoms with Crippen LogP contribution in [0.25, 0.3) is 0 Å². The number of sulfonamides is 1. The Kier molecular flexibility index (Phi) is 9.29. The number of aryl methyl sites for hydroxylation is 1. The number of benzene rings is 3. The molecule has 0 spiro atoms. The maximum atomic E-state index is 13.7. The molecule has 8 nitrogen and oxygen atoms in total. The van der Waals surface area contributed by atoms with E-state index in [4.69, 9.17) is 25.8 Å². The number of anilines is 1. The van der Waals surface area contributed by atoms with Gasteiger partial charge in [-0.05, 0) is 61.4 Å². The Balaban J connectivity index is 1.94. The Morgan fingerprint density at radius 1 is 0.919 bits per heavy atom.